The number of aromatic nitrogens is 4. The third kappa shape index (κ3) is 6.46. The summed E-state index contributed by atoms with van der Waals surface area (Å²) >= 11 is 0. The number of nitrogens with zero attached hydrogens (tertiary/aromatic N) is 4. The number of aryl methyl sites for hydroxylation is 3. The average molecular weight is 568 g/mol. The van der Waals surface area contributed by atoms with E-state index >= 15 is 0 Å². The predicted octanol–water partition coefficient (Wildman–Crippen LogP) is 2.43. The first-order valence-corrected chi connectivity index (χ1v) is 14.7. The van der Waals surface area contributed by atoms with E-state index in [1.165, 1.54) is 11.0 Å². The number of hydrogen-bond donors (Lipinski definition) is 3. The Balaban J connectivity index is 1.33. The monoisotopic (exact) mass is 567 g/mol. The van der Waals surface area contributed by atoms with Crippen molar-refractivity contribution in [2.24, 2.45) is 0 Å². The average Bonchev–Trinajstić information content (AvgIpc) is 3.44. The summed E-state index contributed by atoms with van der Waals surface area (Å²) in [4.78, 5) is 35.4. The topological polar surface area (TPSA) is 123 Å². The van der Waals surface area contributed by atoms with Crippen LogP contribution in [-0.2, 0) is 30.8 Å². The molecule has 11 heteroatoms. The summed E-state index contributed by atoms with van der Waals surface area (Å²) < 4.78 is 7.46. The maximum absolute atomic E-state index is 13.3. The maximum atomic E-state index is 13.3. The number of carbonyl (C=O) groups excluding carboxylic acids is 2. The number of amides is 2. The first kappa shape index (κ1) is 29.3. The van der Waals surface area contributed by atoms with Gasteiger partial charge in [0, 0.05) is 50.1 Å². The molecule has 0 spiro atoms. The minimum absolute atomic E-state index is 0.179. The van der Waals surface area contributed by atoms with Crippen LogP contribution in [0.5, 0.6) is 0 Å². The molecule has 3 N–H and O–H groups in total. The standard InChI is InChI=1S/C31H38BN7O3/c1-4-25-22(28(36-21-11-13-42-14-12-21)23-18-35-39(5-2)29(23)38-25)17-34-31(41)27-8-6-7-26(37-27)30(40)33-16-20-10-9-19(3)24(32)15-20/h6-10,15,18,21H,4-5,11-14,16-17,32H2,1-3H3,(H,33,40)(H,34,41)(H,36,38). The normalized spacial score (nSPS) is 13.7. The van der Waals surface area contributed by atoms with Crippen molar-refractivity contribution in [3.63, 3.8) is 0 Å². The number of ether oxygens (including phenoxy) is 1. The number of hydrogen-bond acceptors (Lipinski definition) is 7. The summed E-state index contributed by atoms with van der Waals surface area (Å²) in [5.41, 5.74) is 7.38. The lowest BCUT2D eigenvalue weighted by molar-refractivity contribution is 0.0904. The molecule has 0 aliphatic carbocycles. The van der Waals surface area contributed by atoms with Gasteiger partial charge in [0.2, 0.25) is 0 Å². The molecule has 0 atom stereocenters. The number of nitrogens with one attached hydrogen (secondary N) is 3. The number of rotatable bonds is 10. The second kappa shape index (κ2) is 13.2. The Labute approximate surface area is 247 Å². The predicted molar refractivity (Wildman–Crippen MR) is 166 cm³/mol. The molecule has 1 fully saturated rings. The van der Waals surface area contributed by atoms with Gasteiger partial charge in [0.25, 0.3) is 11.8 Å². The van der Waals surface area contributed by atoms with Crippen molar-refractivity contribution < 1.29 is 14.3 Å². The van der Waals surface area contributed by atoms with Crippen molar-refractivity contribution in [3.05, 3.63) is 76.4 Å². The fourth-order valence-electron chi connectivity index (χ4n) is 5.23. The van der Waals surface area contributed by atoms with Gasteiger partial charge in [-0.25, -0.2) is 14.6 Å². The van der Waals surface area contributed by atoms with Crippen molar-refractivity contribution >= 4 is 41.8 Å². The van der Waals surface area contributed by atoms with Gasteiger partial charge in [-0.15, -0.1) is 0 Å². The molecule has 0 saturated carbocycles. The van der Waals surface area contributed by atoms with E-state index in [0.29, 0.717) is 32.7 Å². The number of fused-ring (bicyclic) bond motifs is 1. The van der Waals surface area contributed by atoms with Gasteiger partial charge in [0.15, 0.2) is 5.65 Å². The molecular formula is C31H38BN7O3. The zero-order valence-electron chi connectivity index (χ0n) is 24.8. The van der Waals surface area contributed by atoms with Crippen LogP contribution in [0.25, 0.3) is 11.0 Å². The van der Waals surface area contributed by atoms with Crippen molar-refractivity contribution in [1.82, 2.24) is 30.4 Å². The minimum Gasteiger partial charge on any atom is -0.381 e. The number of benzene rings is 1. The number of anilines is 1. The fraction of sp³-hybridized carbons (Fsp3) is 0.387. The summed E-state index contributed by atoms with van der Waals surface area (Å²) in [6.45, 7) is 8.95. The first-order valence-electron chi connectivity index (χ1n) is 14.7. The Morgan fingerprint density at radius 2 is 1.74 bits per heavy atom. The molecule has 0 bridgehead atoms. The molecule has 1 aromatic carbocycles. The lowest BCUT2D eigenvalue weighted by atomic mass is 9.89. The summed E-state index contributed by atoms with van der Waals surface area (Å²) in [6, 6.07) is 11.3. The van der Waals surface area contributed by atoms with Crippen molar-refractivity contribution in [1.29, 1.82) is 0 Å². The molecule has 2 amide bonds. The summed E-state index contributed by atoms with van der Waals surface area (Å²) in [5.74, 6) is -0.691. The molecule has 0 radical (unpaired) electrons. The zero-order chi connectivity index (χ0) is 29.6. The van der Waals surface area contributed by atoms with Gasteiger partial charge in [-0.2, -0.15) is 5.10 Å². The highest BCUT2D eigenvalue weighted by molar-refractivity contribution is 6.33. The second-order valence-electron chi connectivity index (χ2n) is 10.7. The Morgan fingerprint density at radius 3 is 2.40 bits per heavy atom. The van der Waals surface area contributed by atoms with Crippen molar-refractivity contribution in [2.45, 2.75) is 65.7 Å². The molecule has 4 heterocycles. The Kier molecular flexibility index (Phi) is 9.17. The summed E-state index contributed by atoms with van der Waals surface area (Å²) in [7, 11) is 2.05. The molecule has 1 saturated heterocycles. The molecule has 0 unspecified atom stereocenters. The van der Waals surface area contributed by atoms with E-state index in [4.69, 9.17) is 9.72 Å². The second-order valence-corrected chi connectivity index (χ2v) is 10.7. The highest BCUT2D eigenvalue weighted by atomic mass is 16.5. The van der Waals surface area contributed by atoms with Crippen LogP contribution >= 0.6 is 0 Å². The largest absolute Gasteiger partial charge is 0.381 e. The van der Waals surface area contributed by atoms with Crippen LogP contribution in [0.4, 0.5) is 5.69 Å². The third-order valence-electron chi connectivity index (χ3n) is 7.84. The van der Waals surface area contributed by atoms with E-state index in [9.17, 15) is 9.59 Å². The SMILES string of the molecule is Bc1cc(CNC(=O)c2cccc(C(=O)NCc3c(CC)nc4c(cnn4CC)c3NC3CCOCC3)n2)ccc1C. The molecule has 10 nitrogen and oxygen atoms in total. The van der Waals surface area contributed by atoms with Gasteiger partial charge < -0.3 is 20.7 Å². The van der Waals surface area contributed by atoms with E-state index in [-0.39, 0.29) is 35.8 Å². The molecule has 3 aromatic heterocycles. The molecule has 1 aliphatic heterocycles. The van der Waals surface area contributed by atoms with Crippen LogP contribution in [0, 0.1) is 6.92 Å². The molecular weight excluding hydrogens is 529 g/mol. The van der Waals surface area contributed by atoms with Crippen LogP contribution < -0.4 is 21.4 Å². The summed E-state index contributed by atoms with van der Waals surface area (Å²) in [6.07, 6.45) is 4.36. The van der Waals surface area contributed by atoms with Crippen molar-refractivity contribution in [2.75, 3.05) is 18.5 Å². The van der Waals surface area contributed by atoms with Gasteiger partial charge in [0.1, 0.15) is 19.2 Å². The Morgan fingerprint density at radius 1 is 1.02 bits per heavy atom. The van der Waals surface area contributed by atoms with E-state index in [2.05, 4.69) is 45.9 Å². The van der Waals surface area contributed by atoms with Gasteiger partial charge in [-0.05, 0) is 50.8 Å². The lowest BCUT2D eigenvalue weighted by Gasteiger charge is -2.26. The molecule has 5 rings (SSSR count). The molecule has 218 valence electrons. The van der Waals surface area contributed by atoms with Crippen LogP contribution in [0.2, 0.25) is 0 Å². The van der Waals surface area contributed by atoms with Crippen LogP contribution in [0.3, 0.4) is 0 Å². The van der Waals surface area contributed by atoms with E-state index in [1.54, 1.807) is 18.2 Å². The quantitative estimate of drug-likeness (QED) is 0.252. The van der Waals surface area contributed by atoms with Crippen LogP contribution in [0.1, 0.15) is 70.1 Å². The lowest BCUT2D eigenvalue weighted by Crippen LogP contribution is -2.30. The molecule has 1 aliphatic rings. The van der Waals surface area contributed by atoms with Gasteiger partial charge in [-0.3, -0.25) is 9.59 Å². The third-order valence-corrected chi connectivity index (χ3v) is 7.84. The number of pyridine rings is 2. The zero-order valence-corrected chi connectivity index (χ0v) is 24.8. The highest BCUT2D eigenvalue weighted by Crippen LogP contribution is 2.31. The summed E-state index contributed by atoms with van der Waals surface area (Å²) in [5, 5.41) is 15.1. The highest BCUT2D eigenvalue weighted by Gasteiger charge is 2.22. The van der Waals surface area contributed by atoms with Gasteiger partial charge in [-0.1, -0.05) is 42.2 Å². The molecule has 42 heavy (non-hydrogen) atoms. The van der Waals surface area contributed by atoms with Crippen LogP contribution in [0.15, 0.2) is 42.6 Å². The first-order chi connectivity index (χ1) is 20.4. The Hall–Kier alpha value is -4.25. The maximum Gasteiger partial charge on any atom is 0.270 e. The van der Waals surface area contributed by atoms with E-state index < -0.39 is 0 Å². The van der Waals surface area contributed by atoms with Crippen molar-refractivity contribution in [3.8, 4) is 0 Å². The fourth-order valence-corrected chi connectivity index (χ4v) is 5.23. The minimum atomic E-state index is -0.359. The van der Waals surface area contributed by atoms with Gasteiger partial charge >= 0.3 is 0 Å². The van der Waals surface area contributed by atoms with E-state index in [0.717, 1.165) is 46.4 Å². The number of carbonyl (C=O) groups is 2. The molecule has 4 aromatic rings. The van der Waals surface area contributed by atoms with Gasteiger partial charge in [0.05, 0.1) is 17.3 Å². The Bertz CT molecular complexity index is 1600. The van der Waals surface area contributed by atoms with E-state index in [1.807, 2.05) is 37.8 Å². The van der Waals surface area contributed by atoms with Crippen LogP contribution in [-0.4, -0.2) is 58.7 Å². The smallest absolute Gasteiger partial charge is 0.270 e.